The molecule has 0 aliphatic heterocycles. The Hall–Kier alpha value is -0.780. The van der Waals surface area contributed by atoms with Crippen molar-refractivity contribution in [1.29, 1.82) is 0 Å². The van der Waals surface area contributed by atoms with E-state index in [2.05, 4.69) is 0 Å². The smallest absolute Gasteiger partial charge is 0.342 e. The number of para-hydroxylation sites is 1. The van der Waals surface area contributed by atoms with Gasteiger partial charge in [-0.2, -0.15) is 0 Å². The number of phenolic OH excluding ortho intramolecular Hbond substituents is 1. The summed E-state index contributed by atoms with van der Waals surface area (Å²) in [5.74, 6) is -0.522. The van der Waals surface area contributed by atoms with Crippen molar-refractivity contribution in [2.24, 2.45) is 0 Å². The molecule has 1 aromatic rings. The Morgan fingerprint density at radius 2 is 2.00 bits per heavy atom. The lowest BCUT2D eigenvalue weighted by atomic mass is 10.1. The molecule has 82 valence electrons. The van der Waals surface area contributed by atoms with Crippen LogP contribution in [0.1, 0.15) is 31.1 Å². The lowest BCUT2D eigenvalue weighted by Gasteiger charge is -2.19. The maximum atomic E-state index is 11.6. The Labute approximate surface area is 103 Å². The largest absolute Gasteiger partial charge is 0.506 e. The lowest BCUT2D eigenvalue weighted by Crippen LogP contribution is -2.24. The number of halogens is 1. The van der Waals surface area contributed by atoms with Crippen molar-refractivity contribution in [2.75, 3.05) is 0 Å². The fourth-order valence-corrected chi connectivity index (χ4v) is 1.51. The second kappa shape index (κ2) is 4.38. The summed E-state index contributed by atoms with van der Waals surface area (Å²) in [7, 11) is 0. The van der Waals surface area contributed by atoms with Crippen molar-refractivity contribution in [3.8, 4) is 5.75 Å². The lowest BCUT2D eigenvalue weighted by molar-refractivity contribution is 0.00667. The second-order valence-corrected chi connectivity index (χ2v) is 5.30. The molecule has 0 amide bonds. The molecule has 0 radical (unpaired) electrons. The number of esters is 1. The average molecular weight is 320 g/mol. The number of hydrogen-bond donors (Lipinski definition) is 1. The van der Waals surface area contributed by atoms with E-state index in [9.17, 15) is 9.90 Å². The van der Waals surface area contributed by atoms with Gasteiger partial charge in [-0.15, -0.1) is 0 Å². The van der Waals surface area contributed by atoms with Crippen LogP contribution in [0.2, 0.25) is 0 Å². The molecule has 0 heterocycles. The average Bonchev–Trinajstić information content (AvgIpc) is 2.06. The summed E-state index contributed by atoms with van der Waals surface area (Å²) in [5, 5.41) is 9.66. The van der Waals surface area contributed by atoms with Gasteiger partial charge in [0.1, 0.15) is 16.9 Å². The molecule has 0 saturated carbocycles. The SMILES string of the molecule is CC(C)(C)OC(=O)c1cccc(I)c1O. The summed E-state index contributed by atoms with van der Waals surface area (Å²) in [6, 6.07) is 4.98. The van der Waals surface area contributed by atoms with Crippen molar-refractivity contribution >= 4 is 28.6 Å². The highest BCUT2D eigenvalue weighted by atomic mass is 127. The second-order valence-electron chi connectivity index (χ2n) is 4.14. The van der Waals surface area contributed by atoms with Gasteiger partial charge < -0.3 is 9.84 Å². The Morgan fingerprint density at radius 1 is 1.40 bits per heavy atom. The Kier molecular flexibility index (Phi) is 3.59. The quantitative estimate of drug-likeness (QED) is 0.639. The topological polar surface area (TPSA) is 46.5 Å². The number of carbonyl (C=O) groups is 1. The van der Waals surface area contributed by atoms with Gasteiger partial charge in [0.05, 0.1) is 3.57 Å². The van der Waals surface area contributed by atoms with E-state index >= 15 is 0 Å². The third-order valence-electron chi connectivity index (χ3n) is 1.61. The number of rotatable bonds is 1. The molecule has 1 N–H and O–H groups in total. The number of hydrogen-bond acceptors (Lipinski definition) is 3. The highest BCUT2D eigenvalue weighted by molar-refractivity contribution is 14.1. The van der Waals surface area contributed by atoms with Crippen LogP contribution in [0.25, 0.3) is 0 Å². The van der Waals surface area contributed by atoms with Gasteiger partial charge in [0.15, 0.2) is 0 Å². The summed E-state index contributed by atoms with van der Waals surface area (Å²) in [4.78, 5) is 11.6. The number of carbonyl (C=O) groups excluding carboxylic acids is 1. The summed E-state index contributed by atoms with van der Waals surface area (Å²) >= 11 is 1.96. The minimum Gasteiger partial charge on any atom is -0.506 e. The predicted molar refractivity (Wildman–Crippen MR) is 66.0 cm³/mol. The Morgan fingerprint density at radius 3 is 2.53 bits per heavy atom. The first-order chi connectivity index (χ1) is 6.81. The van der Waals surface area contributed by atoms with Gasteiger partial charge in [0, 0.05) is 0 Å². The molecule has 0 fully saturated rings. The van der Waals surface area contributed by atoms with Gasteiger partial charge in [-0.25, -0.2) is 4.79 Å². The standard InChI is InChI=1S/C11H13IO3/c1-11(2,3)15-10(14)7-5-4-6-8(12)9(7)13/h4-6,13H,1-3H3. The van der Waals surface area contributed by atoms with Gasteiger partial charge >= 0.3 is 5.97 Å². The monoisotopic (exact) mass is 320 g/mol. The predicted octanol–water partition coefficient (Wildman–Crippen LogP) is 2.95. The maximum Gasteiger partial charge on any atom is 0.342 e. The van der Waals surface area contributed by atoms with E-state index in [0.29, 0.717) is 3.57 Å². The summed E-state index contributed by atoms with van der Waals surface area (Å²) in [6.07, 6.45) is 0. The molecule has 15 heavy (non-hydrogen) atoms. The minimum absolute atomic E-state index is 0.0210. The van der Waals surface area contributed by atoms with Crippen molar-refractivity contribution < 1.29 is 14.6 Å². The van der Waals surface area contributed by atoms with Crippen molar-refractivity contribution in [3.05, 3.63) is 27.3 Å². The third kappa shape index (κ3) is 3.37. The van der Waals surface area contributed by atoms with Crippen LogP contribution in [0.4, 0.5) is 0 Å². The molecular formula is C11H13IO3. The van der Waals surface area contributed by atoms with Crippen molar-refractivity contribution in [2.45, 2.75) is 26.4 Å². The zero-order chi connectivity index (χ0) is 11.6. The molecule has 0 unspecified atom stereocenters. The van der Waals surface area contributed by atoms with Crippen LogP contribution in [0, 0.1) is 3.57 Å². The van der Waals surface area contributed by atoms with E-state index in [0.717, 1.165) is 0 Å². The van der Waals surface area contributed by atoms with Crippen LogP contribution in [-0.2, 0) is 4.74 Å². The number of phenols is 1. The van der Waals surface area contributed by atoms with Gasteiger partial charge in [-0.1, -0.05) is 6.07 Å². The van der Waals surface area contributed by atoms with E-state index in [1.54, 1.807) is 39.0 Å². The van der Waals surface area contributed by atoms with Crippen molar-refractivity contribution in [1.82, 2.24) is 0 Å². The molecular weight excluding hydrogens is 307 g/mol. The van der Waals surface area contributed by atoms with Gasteiger partial charge in [0.2, 0.25) is 0 Å². The summed E-state index contributed by atoms with van der Waals surface area (Å²) in [6.45, 7) is 5.36. The number of benzene rings is 1. The van der Waals surface area contributed by atoms with Crippen LogP contribution >= 0.6 is 22.6 Å². The Bertz CT molecular complexity index is 380. The fraction of sp³-hybridized carbons (Fsp3) is 0.364. The molecule has 0 aromatic heterocycles. The zero-order valence-electron chi connectivity index (χ0n) is 8.87. The first-order valence-corrected chi connectivity index (χ1v) is 5.60. The van der Waals surface area contributed by atoms with Gasteiger partial charge in [-0.3, -0.25) is 0 Å². The molecule has 0 saturated heterocycles. The molecule has 1 aromatic carbocycles. The van der Waals surface area contributed by atoms with E-state index < -0.39 is 11.6 Å². The van der Waals surface area contributed by atoms with Crippen LogP contribution in [0.15, 0.2) is 18.2 Å². The molecule has 0 bridgehead atoms. The molecule has 0 aliphatic rings. The minimum atomic E-state index is -0.551. The fourth-order valence-electron chi connectivity index (χ4n) is 1.01. The third-order valence-corrected chi connectivity index (χ3v) is 2.48. The first-order valence-electron chi connectivity index (χ1n) is 4.52. The van der Waals surface area contributed by atoms with Gasteiger partial charge in [-0.05, 0) is 55.5 Å². The molecule has 0 atom stereocenters. The van der Waals surface area contributed by atoms with E-state index in [1.165, 1.54) is 0 Å². The molecule has 0 aliphatic carbocycles. The van der Waals surface area contributed by atoms with Crippen LogP contribution < -0.4 is 0 Å². The maximum absolute atomic E-state index is 11.6. The summed E-state index contributed by atoms with van der Waals surface area (Å²) in [5.41, 5.74) is -0.345. The highest BCUT2D eigenvalue weighted by Gasteiger charge is 2.20. The van der Waals surface area contributed by atoms with E-state index in [4.69, 9.17) is 4.74 Å². The molecule has 3 nitrogen and oxygen atoms in total. The zero-order valence-corrected chi connectivity index (χ0v) is 11.0. The van der Waals surface area contributed by atoms with Gasteiger partial charge in [0.25, 0.3) is 0 Å². The highest BCUT2D eigenvalue weighted by Crippen LogP contribution is 2.25. The molecule has 0 spiro atoms. The summed E-state index contributed by atoms with van der Waals surface area (Å²) < 4.78 is 5.79. The number of aromatic hydroxyl groups is 1. The van der Waals surface area contributed by atoms with Crippen LogP contribution in [-0.4, -0.2) is 16.7 Å². The van der Waals surface area contributed by atoms with E-state index in [-0.39, 0.29) is 11.3 Å². The number of ether oxygens (including phenoxy) is 1. The van der Waals surface area contributed by atoms with Crippen molar-refractivity contribution in [3.63, 3.8) is 0 Å². The molecule has 1 rings (SSSR count). The van der Waals surface area contributed by atoms with Crippen LogP contribution in [0.3, 0.4) is 0 Å². The van der Waals surface area contributed by atoms with E-state index in [1.807, 2.05) is 22.6 Å². The van der Waals surface area contributed by atoms with Crippen LogP contribution in [0.5, 0.6) is 5.75 Å². The first kappa shape index (κ1) is 12.3. The normalized spacial score (nSPS) is 11.2. The Balaban J connectivity index is 2.97. The molecule has 4 heteroatoms.